The van der Waals surface area contributed by atoms with Crippen molar-refractivity contribution in [3.8, 4) is 11.5 Å². The van der Waals surface area contributed by atoms with Crippen LogP contribution in [0.5, 0.6) is 11.5 Å². The Kier molecular flexibility index (Phi) is 7.09. The lowest BCUT2D eigenvalue weighted by molar-refractivity contribution is -0.140. The van der Waals surface area contributed by atoms with Crippen LogP contribution in [0.15, 0.2) is 48.5 Å². The van der Waals surface area contributed by atoms with Crippen molar-refractivity contribution in [2.24, 2.45) is 0 Å². The number of methoxy groups -OCH3 is 1. The van der Waals surface area contributed by atoms with Crippen molar-refractivity contribution in [2.75, 3.05) is 40.5 Å². The second-order valence-electron chi connectivity index (χ2n) is 9.01. The van der Waals surface area contributed by atoms with E-state index in [2.05, 4.69) is 10.2 Å². The van der Waals surface area contributed by atoms with Crippen LogP contribution in [0.25, 0.3) is 0 Å². The summed E-state index contributed by atoms with van der Waals surface area (Å²) in [6.07, 6.45) is 2.87. The molecule has 1 amide bonds. The standard InChI is InChI=1S/C26H32N2O6/c1-28(14-17-34-22-5-3-4-21(18-22)32-2)26(12-15-33-16-13-26)24(31)27-25(10-11-25)20-8-6-19(7-9-20)23(29)30/h3-9,18H,10-17H2,1-2H3,(H,27,31)(H,29,30). The van der Waals surface area contributed by atoms with E-state index in [0.717, 1.165) is 29.9 Å². The molecule has 0 atom stereocenters. The van der Waals surface area contributed by atoms with Gasteiger partial charge in [-0.3, -0.25) is 9.69 Å². The van der Waals surface area contributed by atoms with Gasteiger partial charge >= 0.3 is 5.97 Å². The molecule has 2 aromatic rings. The summed E-state index contributed by atoms with van der Waals surface area (Å²) >= 11 is 0. The van der Waals surface area contributed by atoms with E-state index in [0.29, 0.717) is 39.2 Å². The van der Waals surface area contributed by atoms with Gasteiger partial charge in [0, 0.05) is 25.8 Å². The molecule has 1 aliphatic heterocycles. The molecule has 1 saturated heterocycles. The molecule has 4 rings (SSSR count). The van der Waals surface area contributed by atoms with Crippen molar-refractivity contribution < 1.29 is 28.9 Å². The summed E-state index contributed by atoms with van der Waals surface area (Å²) in [6.45, 7) is 2.05. The lowest BCUT2D eigenvalue weighted by Crippen LogP contribution is -2.62. The summed E-state index contributed by atoms with van der Waals surface area (Å²) in [7, 11) is 3.58. The number of carboxylic acid groups (broad SMARTS) is 1. The number of nitrogens with zero attached hydrogens (tertiary/aromatic N) is 1. The van der Waals surface area contributed by atoms with E-state index >= 15 is 0 Å². The highest BCUT2D eigenvalue weighted by Crippen LogP contribution is 2.46. The number of hydrogen-bond acceptors (Lipinski definition) is 6. The largest absolute Gasteiger partial charge is 0.497 e. The number of carboxylic acids is 1. The molecule has 2 aliphatic rings. The molecule has 0 bridgehead atoms. The van der Waals surface area contributed by atoms with Crippen LogP contribution >= 0.6 is 0 Å². The molecule has 8 heteroatoms. The van der Waals surface area contributed by atoms with E-state index < -0.39 is 17.0 Å². The number of benzene rings is 2. The topological polar surface area (TPSA) is 97.3 Å². The average Bonchev–Trinajstić information content (AvgIpc) is 3.65. The number of carbonyl (C=O) groups is 2. The average molecular weight is 469 g/mol. The Morgan fingerprint density at radius 3 is 2.35 bits per heavy atom. The van der Waals surface area contributed by atoms with Gasteiger partial charge in [-0.05, 0) is 62.6 Å². The minimum atomic E-state index is -0.959. The summed E-state index contributed by atoms with van der Waals surface area (Å²) in [5.74, 6) is 0.482. The Morgan fingerprint density at radius 1 is 1.06 bits per heavy atom. The molecule has 2 N–H and O–H groups in total. The maximum Gasteiger partial charge on any atom is 0.335 e. The van der Waals surface area contributed by atoms with Crippen LogP contribution in [-0.4, -0.2) is 67.9 Å². The van der Waals surface area contributed by atoms with Crippen molar-refractivity contribution in [3.05, 3.63) is 59.7 Å². The van der Waals surface area contributed by atoms with Gasteiger partial charge in [-0.15, -0.1) is 0 Å². The first-order chi connectivity index (χ1) is 16.4. The SMILES string of the molecule is COc1cccc(OCCN(C)C2(C(=O)NC3(c4ccc(C(=O)O)cc4)CC3)CCOCC2)c1. The van der Waals surface area contributed by atoms with Gasteiger partial charge in [-0.1, -0.05) is 18.2 Å². The molecule has 0 spiro atoms. The minimum absolute atomic E-state index is 0.0144. The molecule has 1 aliphatic carbocycles. The van der Waals surface area contributed by atoms with Crippen LogP contribution in [0.1, 0.15) is 41.6 Å². The third-order valence-corrected chi connectivity index (χ3v) is 7.00. The van der Waals surface area contributed by atoms with Gasteiger partial charge in [0.05, 0.1) is 18.2 Å². The van der Waals surface area contributed by atoms with Crippen LogP contribution in [0.4, 0.5) is 0 Å². The highest BCUT2D eigenvalue weighted by molar-refractivity contribution is 5.88. The third-order valence-electron chi connectivity index (χ3n) is 7.00. The zero-order valence-corrected chi connectivity index (χ0v) is 19.7. The normalized spacial score (nSPS) is 18.2. The summed E-state index contributed by atoms with van der Waals surface area (Å²) in [5, 5.41) is 12.5. The van der Waals surface area contributed by atoms with Gasteiger partial charge in [-0.25, -0.2) is 4.79 Å². The van der Waals surface area contributed by atoms with Crippen molar-refractivity contribution in [3.63, 3.8) is 0 Å². The van der Waals surface area contributed by atoms with Gasteiger partial charge in [0.2, 0.25) is 5.91 Å². The first-order valence-corrected chi connectivity index (χ1v) is 11.6. The maximum absolute atomic E-state index is 13.7. The van der Waals surface area contributed by atoms with Crippen molar-refractivity contribution >= 4 is 11.9 Å². The third kappa shape index (κ3) is 5.03. The van der Waals surface area contributed by atoms with Gasteiger partial charge < -0.3 is 24.6 Å². The molecular weight excluding hydrogens is 436 g/mol. The van der Waals surface area contributed by atoms with Crippen LogP contribution in [-0.2, 0) is 15.1 Å². The van der Waals surface area contributed by atoms with E-state index in [9.17, 15) is 14.7 Å². The summed E-state index contributed by atoms with van der Waals surface area (Å²) < 4.78 is 16.7. The van der Waals surface area contributed by atoms with Gasteiger partial charge in [0.25, 0.3) is 0 Å². The van der Waals surface area contributed by atoms with E-state index in [-0.39, 0.29) is 11.5 Å². The minimum Gasteiger partial charge on any atom is -0.497 e. The quantitative estimate of drug-likeness (QED) is 0.553. The molecule has 1 heterocycles. The first kappa shape index (κ1) is 24.0. The van der Waals surface area contributed by atoms with Gasteiger partial charge in [0.15, 0.2) is 0 Å². The molecule has 8 nitrogen and oxygen atoms in total. The number of ether oxygens (including phenoxy) is 3. The number of amides is 1. The van der Waals surface area contributed by atoms with Crippen LogP contribution < -0.4 is 14.8 Å². The number of nitrogens with one attached hydrogen (secondary N) is 1. The first-order valence-electron chi connectivity index (χ1n) is 11.6. The monoisotopic (exact) mass is 468 g/mol. The number of carbonyl (C=O) groups excluding carboxylic acids is 1. The second-order valence-corrected chi connectivity index (χ2v) is 9.01. The fraction of sp³-hybridized carbons (Fsp3) is 0.462. The Labute approximate surface area is 199 Å². The van der Waals surface area contributed by atoms with E-state index in [1.54, 1.807) is 31.4 Å². The number of aromatic carboxylic acids is 1. The lowest BCUT2D eigenvalue weighted by Gasteiger charge is -2.43. The van der Waals surface area contributed by atoms with Gasteiger partial charge in [-0.2, -0.15) is 0 Å². The van der Waals surface area contributed by atoms with E-state index in [1.165, 1.54) is 0 Å². The summed E-state index contributed by atoms with van der Waals surface area (Å²) in [5.41, 5.74) is 0.0591. The second kappa shape index (κ2) is 10.0. The van der Waals surface area contributed by atoms with Crippen LogP contribution in [0, 0.1) is 0 Å². The van der Waals surface area contributed by atoms with Gasteiger partial charge in [0.1, 0.15) is 23.6 Å². The zero-order chi connectivity index (χ0) is 24.2. The summed E-state index contributed by atoms with van der Waals surface area (Å²) in [6, 6.07) is 14.3. The Balaban J connectivity index is 1.43. The predicted molar refractivity (Wildman–Crippen MR) is 126 cm³/mol. The van der Waals surface area contributed by atoms with Crippen molar-refractivity contribution in [1.29, 1.82) is 0 Å². The number of likely N-dealkylation sites (N-methyl/N-ethyl adjacent to an activating group) is 1. The Hall–Kier alpha value is -3.10. The maximum atomic E-state index is 13.7. The highest BCUT2D eigenvalue weighted by Gasteiger charge is 2.51. The molecule has 34 heavy (non-hydrogen) atoms. The predicted octanol–water partition coefficient (Wildman–Crippen LogP) is 3.06. The van der Waals surface area contributed by atoms with Crippen LogP contribution in [0.2, 0.25) is 0 Å². The molecule has 2 aromatic carbocycles. The van der Waals surface area contributed by atoms with E-state index in [4.69, 9.17) is 14.2 Å². The Bertz CT molecular complexity index is 1010. The molecule has 0 radical (unpaired) electrons. The highest BCUT2D eigenvalue weighted by atomic mass is 16.5. The van der Waals surface area contributed by atoms with Crippen molar-refractivity contribution in [2.45, 2.75) is 36.8 Å². The smallest absolute Gasteiger partial charge is 0.335 e. The molecule has 182 valence electrons. The lowest BCUT2D eigenvalue weighted by atomic mass is 9.86. The summed E-state index contributed by atoms with van der Waals surface area (Å²) in [4.78, 5) is 27.0. The molecule has 1 saturated carbocycles. The Morgan fingerprint density at radius 2 is 1.74 bits per heavy atom. The fourth-order valence-electron chi connectivity index (χ4n) is 4.57. The molecule has 2 fully saturated rings. The molecule has 0 aromatic heterocycles. The fourth-order valence-corrected chi connectivity index (χ4v) is 4.57. The number of rotatable bonds is 10. The van der Waals surface area contributed by atoms with Crippen LogP contribution in [0.3, 0.4) is 0 Å². The molecular formula is C26H32N2O6. The number of hydrogen-bond donors (Lipinski definition) is 2. The molecule has 0 unspecified atom stereocenters. The van der Waals surface area contributed by atoms with Crippen molar-refractivity contribution in [1.82, 2.24) is 10.2 Å². The van der Waals surface area contributed by atoms with E-state index in [1.807, 2.05) is 31.3 Å². The zero-order valence-electron chi connectivity index (χ0n) is 19.7.